The van der Waals surface area contributed by atoms with E-state index in [4.69, 9.17) is 0 Å². The van der Waals surface area contributed by atoms with Crippen molar-refractivity contribution in [2.24, 2.45) is 0 Å². The van der Waals surface area contributed by atoms with Crippen LogP contribution in [-0.2, 0) is 0 Å². The van der Waals surface area contributed by atoms with E-state index in [1.165, 1.54) is 6.07 Å². The molecular formula is C19H22FNO. The van der Waals surface area contributed by atoms with Gasteiger partial charge in [0.2, 0.25) is 0 Å². The Bertz CT molecular complexity index is 675. The Hall–Kier alpha value is -1.87. The van der Waals surface area contributed by atoms with E-state index in [1.54, 1.807) is 6.07 Å². The molecule has 1 N–H and O–H groups in total. The van der Waals surface area contributed by atoms with Crippen molar-refractivity contribution in [2.75, 3.05) is 18.0 Å². The molecule has 0 unspecified atom stereocenters. The second-order valence-corrected chi connectivity index (χ2v) is 6.12. The van der Waals surface area contributed by atoms with Crippen LogP contribution in [0.15, 0.2) is 36.4 Å². The smallest absolute Gasteiger partial charge is 0.131 e. The number of anilines is 1. The zero-order valence-corrected chi connectivity index (χ0v) is 13.1. The van der Waals surface area contributed by atoms with Crippen molar-refractivity contribution in [1.29, 1.82) is 0 Å². The number of nitrogens with zero attached hydrogens (tertiary/aromatic N) is 1. The quantitative estimate of drug-likeness (QED) is 0.903. The first-order chi connectivity index (χ1) is 10.6. The van der Waals surface area contributed by atoms with Gasteiger partial charge in [-0.3, -0.25) is 0 Å². The minimum absolute atomic E-state index is 0.186. The van der Waals surface area contributed by atoms with Crippen LogP contribution in [0.4, 0.5) is 10.1 Å². The van der Waals surface area contributed by atoms with Gasteiger partial charge < -0.3 is 10.0 Å². The van der Waals surface area contributed by atoms with Crippen LogP contribution >= 0.6 is 0 Å². The molecule has 0 spiro atoms. The van der Waals surface area contributed by atoms with Crippen molar-refractivity contribution in [3.8, 4) is 11.1 Å². The number of hydrogen-bond acceptors (Lipinski definition) is 2. The van der Waals surface area contributed by atoms with E-state index in [0.717, 1.165) is 48.3 Å². The van der Waals surface area contributed by atoms with Gasteiger partial charge in [0, 0.05) is 29.9 Å². The average Bonchev–Trinajstić information content (AvgIpc) is 2.51. The largest absolute Gasteiger partial charge is 0.393 e. The minimum Gasteiger partial charge on any atom is -0.393 e. The van der Waals surface area contributed by atoms with E-state index in [2.05, 4.69) is 24.0 Å². The standard InChI is InChI=1S/C19H22FNO/c1-13-7-8-14(2)19(21-11-9-15(22)10-12-21)18(13)16-5-3-4-6-17(16)20/h3-8,15,22H,9-12H2,1-2H3. The zero-order chi connectivity index (χ0) is 15.7. The maximum atomic E-state index is 14.3. The van der Waals surface area contributed by atoms with Crippen molar-refractivity contribution in [2.45, 2.75) is 32.8 Å². The van der Waals surface area contributed by atoms with Crippen LogP contribution in [0.25, 0.3) is 11.1 Å². The molecule has 1 fully saturated rings. The van der Waals surface area contributed by atoms with E-state index < -0.39 is 0 Å². The molecule has 1 heterocycles. The summed E-state index contributed by atoms with van der Waals surface area (Å²) in [6.07, 6.45) is 1.33. The highest BCUT2D eigenvalue weighted by atomic mass is 19.1. The van der Waals surface area contributed by atoms with Crippen LogP contribution in [0.2, 0.25) is 0 Å². The van der Waals surface area contributed by atoms with Crippen LogP contribution in [0.5, 0.6) is 0 Å². The van der Waals surface area contributed by atoms with E-state index in [1.807, 2.05) is 19.1 Å². The van der Waals surface area contributed by atoms with Crippen LogP contribution in [0.1, 0.15) is 24.0 Å². The third-order valence-corrected chi connectivity index (χ3v) is 4.51. The van der Waals surface area contributed by atoms with E-state index in [-0.39, 0.29) is 11.9 Å². The second kappa shape index (κ2) is 6.09. The lowest BCUT2D eigenvalue weighted by Gasteiger charge is -2.34. The second-order valence-electron chi connectivity index (χ2n) is 6.12. The summed E-state index contributed by atoms with van der Waals surface area (Å²) in [4.78, 5) is 2.29. The first-order valence-corrected chi connectivity index (χ1v) is 7.86. The molecule has 0 aromatic heterocycles. The highest BCUT2D eigenvalue weighted by Crippen LogP contribution is 2.38. The van der Waals surface area contributed by atoms with Crippen LogP contribution in [0, 0.1) is 19.7 Å². The van der Waals surface area contributed by atoms with Crippen molar-refractivity contribution in [3.05, 3.63) is 53.3 Å². The van der Waals surface area contributed by atoms with Crippen LogP contribution in [-0.4, -0.2) is 24.3 Å². The van der Waals surface area contributed by atoms with Crippen LogP contribution in [0.3, 0.4) is 0 Å². The normalized spacial score (nSPS) is 16.1. The first kappa shape index (κ1) is 15.0. The number of hydrogen-bond donors (Lipinski definition) is 1. The van der Waals surface area contributed by atoms with Crippen molar-refractivity contribution in [3.63, 3.8) is 0 Å². The maximum absolute atomic E-state index is 14.3. The lowest BCUT2D eigenvalue weighted by molar-refractivity contribution is 0.145. The van der Waals surface area contributed by atoms with Crippen molar-refractivity contribution in [1.82, 2.24) is 0 Å². The van der Waals surface area contributed by atoms with Gasteiger partial charge in [-0.2, -0.15) is 0 Å². The zero-order valence-electron chi connectivity index (χ0n) is 13.1. The molecule has 1 saturated heterocycles. The number of rotatable bonds is 2. The molecule has 0 saturated carbocycles. The van der Waals surface area contributed by atoms with E-state index in [9.17, 15) is 9.50 Å². The van der Waals surface area contributed by atoms with E-state index in [0.29, 0.717) is 5.56 Å². The number of aliphatic hydroxyl groups excluding tert-OH is 1. The Morgan fingerprint density at radius 3 is 2.32 bits per heavy atom. The molecule has 3 rings (SSSR count). The monoisotopic (exact) mass is 299 g/mol. The summed E-state index contributed by atoms with van der Waals surface area (Å²) >= 11 is 0. The number of benzene rings is 2. The van der Waals surface area contributed by atoms with Gasteiger partial charge in [0.15, 0.2) is 0 Å². The predicted octanol–water partition coefficient (Wildman–Crippen LogP) is 4.07. The summed E-state index contributed by atoms with van der Waals surface area (Å²) < 4.78 is 14.3. The molecule has 0 aliphatic carbocycles. The lowest BCUT2D eigenvalue weighted by atomic mass is 9.93. The molecule has 0 atom stereocenters. The molecule has 2 aromatic rings. The van der Waals surface area contributed by atoms with Crippen molar-refractivity contribution < 1.29 is 9.50 Å². The topological polar surface area (TPSA) is 23.5 Å². The molecule has 3 heteroatoms. The third-order valence-electron chi connectivity index (χ3n) is 4.51. The molecule has 2 aromatic carbocycles. The van der Waals surface area contributed by atoms with Gasteiger partial charge in [-0.25, -0.2) is 4.39 Å². The van der Waals surface area contributed by atoms with Gasteiger partial charge in [0.05, 0.1) is 6.10 Å². The number of halogens is 1. The molecule has 2 nitrogen and oxygen atoms in total. The predicted molar refractivity (Wildman–Crippen MR) is 88.8 cm³/mol. The van der Waals surface area contributed by atoms with Crippen LogP contribution < -0.4 is 4.90 Å². The minimum atomic E-state index is -0.210. The summed E-state index contributed by atoms with van der Waals surface area (Å²) in [5.41, 5.74) is 4.98. The molecule has 1 aliphatic rings. The summed E-state index contributed by atoms with van der Waals surface area (Å²) in [5.74, 6) is -0.186. The highest BCUT2D eigenvalue weighted by Gasteiger charge is 2.23. The Labute approximate surface area is 131 Å². The van der Waals surface area contributed by atoms with Crippen molar-refractivity contribution >= 4 is 5.69 Å². The number of piperidine rings is 1. The Morgan fingerprint density at radius 1 is 1.00 bits per heavy atom. The summed E-state index contributed by atoms with van der Waals surface area (Å²) in [7, 11) is 0. The summed E-state index contributed by atoms with van der Waals surface area (Å²) in [5, 5.41) is 9.74. The number of aryl methyl sites for hydroxylation is 2. The molecule has 0 amide bonds. The van der Waals surface area contributed by atoms with Gasteiger partial charge in [0.25, 0.3) is 0 Å². The Balaban J connectivity index is 2.13. The van der Waals surface area contributed by atoms with Gasteiger partial charge in [-0.1, -0.05) is 30.3 Å². The molecule has 22 heavy (non-hydrogen) atoms. The van der Waals surface area contributed by atoms with E-state index >= 15 is 0 Å². The van der Waals surface area contributed by atoms with Gasteiger partial charge >= 0.3 is 0 Å². The average molecular weight is 299 g/mol. The SMILES string of the molecule is Cc1ccc(C)c(N2CCC(O)CC2)c1-c1ccccc1F. The first-order valence-electron chi connectivity index (χ1n) is 7.86. The molecule has 0 bridgehead atoms. The third kappa shape index (κ3) is 2.73. The molecule has 116 valence electrons. The fourth-order valence-corrected chi connectivity index (χ4v) is 3.30. The number of aliphatic hydroxyl groups is 1. The summed E-state index contributed by atoms with van der Waals surface area (Å²) in [6, 6.07) is 11.1. The van der Waals surface area contributed by atoms with Gasteiger partial charge in [0.1, 0.15) is 5.82 Å². The fraction of sp³-hybridized carbons (Fsp3) is 0.368. The van der Waals surface area contributed by atoms with Gasteiger partial charge in [-0.05, 0) is 43.9 Å². The fourth-order valence-electron chi connectivity index (χ4n) is 3.30. The molecule has 0 radical (unpaired) electrons. The Kier molecular flexibility index (Phi) is 4.16. The lowest BCUT2D eigenvalue weighted by Crippen LogP contribution is -2.36. The summed E-state index contributed by atoms with van der Waals surface area (Å²) in [6.45, 7) is 5.73. The van der Waals surface area contributed by atoms with Gasteiger partial charge in [-0.15, -0.1) is 0 Å². The molecule has 1 aliphatic heterocycles. The highest BCUT2D eigenvalue weighted by molar-refractivity contribution is 5.84. The Morgan fingerprint density at radius 2 is 1.64 bits per heavy atom. The molecular weight excluding hydrogens is 277 g/mol. The maximum Gasteiger partial charge on any atom is 0.131 e.